The van der Waals surface area contributed by atoms with Crippen molar-refractivity contribution in [2.45, 2.75) is 6.42 Å². The van der Waals surface area contributed by atoms with Crippen LogP contribution in [0.3, 0.4) is 0 Å². The molecule has 2 nitrogen and oxygen atoms in total. The Balaban J connectivity index is 2.21. The van der Waals surface area contributed by atoms with Crippen LogP contribution >= 0.6 is 15.9 Å². The van der Waals surface area contributed by atoms with Gasteiger partial charge in [0.1, 0.15) is 5.69 Å². The Bertz CT molecular complexity index is 584. The van der Waals surface area contributed by atoms with Crippen LogP contribution in [0, 0.1) is 11.6 Å². The molecule has 0 aliphatic rings. The van der Waals surface area contributed by atoms with Gasteiger partial charge in [0, 0.05) is 17.1 Å². The van der Waals surface area contributed by atoms with Gasteiger partial charge in [-0.3, -0.25) is 9.78 Å². The van der Waals surface area contributed by atoms with Crippen molar-refractivity contribution in [3.05, 3.63) is 63.9 Å². The number of halogens is 3. The highest BCUT2D eigenvalue weighted by Gasteiger charge is 2.13. The molecule has 1 heterocycles. The van der Waals surface area contributed by atoms with E-state index in [1.807, 2.05) is 0 Å². The number of hydrogen-bond donors (Lipinski definition) is 0. The molecule has 0 aliphatic heterocycles. The fourth-order valence-electron chi connectivity index (χ4n) is 1.49. The lowest BCUT2D eigenvalue weighted by Gasteiger charge is -2.03. The van der Waals surface area contributed by atoms with Gasteiger partial charge in [-0.1, -0.05) is 12.1 Å². The lowest BCUT2D eigenvalue weighted by Crippen LogP contribution is -2.07. The van der Waals surface area contributed by atoms with Crippen molar-refractivity contribution in [3.8, 4) is 0 Å². The number of benzene rings is 1. The van der Waals surface area contributed by atoms with E-state index in [9.17, 15) is 13.6 Å². The first-order valence-electron chi connectivity index (χ1n) is 5.15. The topological polar surface area (TPSA) is 30.0 Å². The van der Waals surface area contributed by atoms with Crippen LogP contribution in [0.5, 0.6) is 0 Å². The third-order valence-corrected chi connectivity index (χ3v) is 2.86. The third kappa shape index (κ3) is 2.79. The zero-order valence-corrected chi connectivity index (χ0v) is 10.7. The molecule has 0 spiro atoms. The van der Waals surface area contributed by atoms with Crippen molar-refractivity contribution in [3.63, 3.8) is 0 Å². The molecular formula is C13H8BrF2NO. The second-order valence-electron chi connectivity index (χ2n) is 3.67. The molecule has 0 amide bonds. The average molecular weight is 312 g/mol. The van der Waals surface area contributed by atoms with Gasteiger partial charge in [-0.15, -0.1) is 0 Å². The predicted molar refractivity (Wildman–Crippen MR) is 66.3 cm³/mol. The minimum Gasteiger partial charge on any atom is -0.292 e. The molecule has 18 heavy (non-hydrogen) atoms. The maximum absolute atomic E-state index is 13.4. The summed E-state index contributed by atoms with van der Waals surface area (Å²) in [7, 11) is 0. The molecule has 0 bridgehead atoms. The molecule has 0 aliphatic carbocycles. The maximum Gasteiger partial charge on any atom is 0.185 e. The fraction of sp³-hybridized carbons (Fsp3) is 0.0769. The Morgan fingerprint density at radius 2 is 2.00 bits per heavy atom. The largest absolute Gasteiger partial charge is 0.292 e. The van der Waals surface area contributed by atoms with Gasteiger partial charge in [0.05, 0.1) is 0 Å². The van der Waals surface area contributed by atoms with E-state index in [0.717, 1.165) is 10.5 Å². The SMILES string of the molecule is O=C(Cc1cccc(F)c1F)c1ccc(Br)cn1. The molecule has 2 rings (SSSR count). The van der Waals surface area contributed by atoms with E-state index in [4.69, 9.17) is 0 Å². The highest BCUT2D eigenvalue weighted by molar-refractivity contribution is 9.10. The van der Waals surface area contributed by atoms with Crippen LogP contribution in [0.1, 0.15) is 16.1 Å². The van der Waals surface area contributed by atoms with Crippen molar-refractivity contribution >= 4 is 21.7 Å². The molecule has 0 unspecified atom stereocenters. The molecule has 0 saturated heterocycles. The normalized spacial score (nSPS) is 10.4. The summed E-state index contributed by atoms with van der Waals surface area (Å²) in [4.78, 5) is 15.7. The Hall–Kier alpha value is -1.62. The molecule has 92 valence electrons. The molecular weight excluding hydrogens is 304 g/mol. The van der Waals surface area contributed by atoms with E-state index in [1.165, 1.54) is 24.4 Å². The molecule has 1 aromatic heterocycles. The molecule has 0 fully saturated rings. The van der Waals surface area contributed by atoms with Gasteiger partial charge in [0.25, 0.3) is 0 Å². The predicted octanol–water partition coefficient (Wildman–Crippen LogP) is 3.55. The van der Waals surface area contributed by atoms with Crippen molar-refractivity contribution < 1.29 is 13.6 Å². The van der Waals surface area contributed by atoms with Gasteiger partial charge in [-0.2, -0.15) is 0 Å². The summed E-state index contributed by atoms with van der Waals surface area (Å²) in [6.45, 7) is 0. The van der Waals surface area contributed by atoms with Crippen LogP contribution < -0.4 is 0 Å². The summed E-state index contributed by atoms with van der Waals surface area (Å²) < 4.78 is 27.1. The highest BCUT2D eigenvalue weighted by Crippen LogP contribution is 2.14. The van der Waals surface area contributed by atoms with Crippen LogP contribution in [0.4, 0.5) is 8.78 Å². The number of carbonyl (C=O) groups excluding carboxylic acids is 1. The Labute approximate surface area is 111 Å². The first kappa shape index (κ1) is 12.8. The molecule has 0 saturated carbocycles. The maximum atomic E-state index is 13.4. The summed E-state index contributed by atoms with van der Waals surface area (Å²) in [5.41, 5.74) is 0.256. The molecule has 2 aromatic rings. The second-order valence-corrected chi connectivity index (χ2v) is 4.59. The standard InChI is InChI=1S/C13H8BrF2NO/c14-9-4-5-11(17-7-9)12(18)6-8-2-1-3-10(15)13(8)16/h1-5,7H,6H2. The van der Waals surface area contributed by atoms with Gasteiger partial charge in [-0.25, -0.2) is 8.78 Å². The van der Waals surface area contributed by atoms with E-state index in [-0.39, 0.29) is 23.5 Å². The van der Waals surface area contributed by atoms with Gasteiger partial charge in [0.15, 0.2) is 17.4 Å². The summed E-state index contributed by atoms with van der Waals surface area (Å²) in [6.07, 6.45) is 1.27. The van der Waals surface area contributed by atoms with Gasteiger partial charge in [-0.05, 0) is 39.7 Å². The smallest absolute Gasteiger partial charge is 0.185 e. The summed E-state index contributed by atoms with van der Waals surface area (Å²) in [5.74, 6) is -2.29. The lowest BCUT2D eigenvalue weighted by atomic mass is 10.1. The van der Waals surface area contributed by atoms with E-state index >= 15 is 0 Å². The number of ketones is 1. The number of pyridine rings is 1. The summed E-state index contributed by atoms with van der Waals surface area (Å²) >= 11 is 3.20. The molecule has 0 N–H and O–H groups in total. The van der Waals surface area contributed by atoms with E-state index in [2.05, 4.69) is 20.9 Å². The number of hydrogen-bond acceptors (Lipinski definition) is 2. The second kappa shape index (κ2) is 5.35. The number of aromatic nitrogens is 1. The highest BCUT2D eigenvalue weighted by atomic mass is 79.9. The van der Waals surface area contributed by atoms with Gasteiger partial charge < -0.3 is 0 Å². The van der Waals surface area contributed by atoms with Gasteiger partial charge >= 0.3 is 0 Å². The average Bonchev–Trinajstić information content (AvgIpc) is 2.36. The Morgan fingerprint density at radius 1 is 1.22 bits per heavy atom. The molecule has 5 heteroatoms. The van der Waals surface area contributed by atoms with Crippen LogP contribution in [-0.2, 0) is 6.42 Å². The van der Waals surface area contributed by atoms with Gasteiger partial charge in [0.2, 0.25) is 0 Å². The van der Waals surface area contributed by atoms with Crippen LogP contribution in [0.2, 0.25) is 0 Å². The van der Waals surface area contributed by atoms with Crippen LogP contribution in [0.15, 0.2) is 41.0 Å². The number of carbonyl (C=O) groups is 1. The zero-order chi connectivity index (χ0) is 13.1. The minimum absolute atomic E-state index is 0.0321. The fourth-order valence-corrected chi connectivity index (χ4v) is 1.72. The quantitative estimate of drug-likeness (QED) is 0.811. The summed E-state index contributed by atoms with van der Waals surface area (Å²) in [6, 6.07) is 6.97. The van der Waals surface area contributed by atoms with Crippen LogP contribution in [-0.4, -0.2) is 10.8 Å². The summed E-state index contributed by atoms with van der Waals surface area (Å²) in [5, 5.41) is 0. The number of rotatable bonds is 3. The molecule has 0 atom stereocenters. The Morgan fingerprint density at radius 3 is 2.67 bits per heavy atom. The third-order valence-electron chi connectivity index (χ3n) is 2.40. The van der Waals surface area contributed by atoms with Crippen molar-refractivity contribution in [1.82, 2.24) is 4.98 Å². The number of Topliss-reactive ketones (excluding diaryl/α,β-unsaturated/α-hetero) is 1. The van der Waals surface area contributed by atoms with Crippen LogP contribution in [0.25, 0.3) is 0 Å². The molecule has 0 radical (unpaired) electrons. The zero-order valence-electron chi connectivity index (χ0n) is 9.16. The first-order chi connectivity index (χ1) is 8.58. The van der Waals surface area contributed by atoms with E-state index in [0.29, 0.717) is 0 Å². The Kier molecular flexibility index (Phi) is 3.81. The van der Waals surface area contributed by atoms with E-state index in [1.54, 1.807) is 6.07 Å². The monoisotopic (exact) mass is 311 g/mol. The molecule has 1 aromatic carbocycles. The van der Waals surface area contributed by atoms with Crippen molar-refractivity contribution in [2.75, 3.05) is 0 Å². The number of nitrogens with zero attached hydrogens (tertiary/aromatic N) is 1. The van der Waals surface area contributed by atoms with E-state index < -0.39 is 11.6 Å². The van der Waals surface area contributed by atoms with Crippen molar-refractivity contribution in [1.29, 1.82) is 0 Å². The minimum atomic E-state index is -0.983. The van der Waals surface area contributed by atoms with Crippen molar-refractivity contribution in [2.24, 2.45) is 0 Å². The first-order valence-corrected chi connectivity index (χ1v) is 5.95. The lowest BCUT2D eigenvalue weighted by molar-refractivity contribution is 0.0987.